The zero-order chi connectivity index (χ0) is 16.8. The maximum atomic E-state index is 13.4. The number of methoxy groups -OCH3 is 1. The molecule has 1 N–H and O–H groups in total. The van der Waals surface area contributed by atoms with Crippen molar-refractivity contribution in [2.75, 3.05) is 12.9 Å². The summed E-state index contributed by atoms with van der Waals surface area (Å²) in [5.41, 5.74) is 0.213. The molecule has 0 heterocycles. The normalized spacial score (nSPS) is 10.2. The average molecular weight is 337 g/mol. The number of ether oxygens (including phenoxy) is 1. The van der Waals surface area contributed by atoms with Crippen molar-refractivity contribution >= 4 is 23.6 Å². The molecule has 2 amide bonds. The molecule has 0 spiro atoms. The van der Waals surface area contributed by atoms with Crippen LogP contribution in [0.25, 0.3) is 0 Å². The third-order valence-electron chi connectivity index (χ3n) is 2.86. The molecule has 0 radical (unpaired) electrons. The van der Waals surface area contributed by atoms with Crippen LogP contribution in [0.4, 0.5) is 8.78 Å². The molecule has 0 atom stereocenters. The summed E-state index contributed by atoms with van der Waals surface area (Å²) in [5.74, 6) is -2.34. The standard InChI is InChI=1S/C16H13F2NO3S/c1-22-13-5-3-2-4-11(13)16(21)19-15(20)9-23-14-8-10(17)6-7-12(14)18/h2-8H,9H2,1H3,(H,19,20,21). The lowest BCUT2D eigenvalue weighted by molar-refractivity contribution is -0.117. The van der Waals surface area contributed by atoms with Gasteiger partial charge in [-0.25, -0.2) is 8.78 Å². The predicted molar refractivity (Wildman–Crippen MR) is 82.5 cm³/mol. The number of hydrogen-bond acceptors (Lipinski definition) is 4. The molecule has 0 unspecified atom stereocenters. The van der Waals surface area contributed by atoms with Crippen LogP contribution in [-0.2, 0) is 4.79 Å². The fraction of sp³-hybridized carbons (Fsp3) is 0.125. The fourth-order valence-corrected chi connectivity index (χ4v) is 2.55. The molecule has 4 nitrogen and oxygen atoms in total. The predicted octanol–water partition coefficient (Wildman–Crippen LogP) is 3.02. The number of hydrogen-bond donors (Lipinski definition) is 1. The van der Waals surface area contributed by atoms with Gasteiger partial charge in [-0.1, -0.05) is 12.1 Å². The maximum Gasteiger partial charge on any atom is 0.261 e. The minimum absolute atomic E-state index is 0.00453. The van der Waals surface area contributed by atoms with Crippen molar-refractivity contribution in [1.82, 2.24) is 5.32 Å². The Kier molecular flexibility index (Phi) is 5.70. The van der Waals surface area contributed by atoms with E-state index in [1.54, 1.807) is 18.2 Å². The van der Waals surface area contributed by atoms with Crippen molar-refractivity contribution in [3.8, 4) is 5.75 Å². The van der Waals surface area contributed by atoms with Gasteiger partial charge < -0.3 is 4.74 Å². The van der Waals surface area contributed by atoms with Crippen LogP contribution in [0.15, 0.2) is 47.4 Å². The Morgan fingerprint density at radius 2 is 1.91 bits per heavy atom. The molecule has 0 aliphatic heterocycles. The lowest BCUT2D eigenvalue weighted by Gasteiger charge is -2.08. The Labute approximate surface area is 135 Å². The van der Waals surface area contributed by atoms with Crippen LogP contribution in [-0.4, -0.2) is 24.7 Å². The molecular formula is C16H13F2NO3S. The van der Waals surface area contributed by atoms with Crippen molar-refractivity contribution in [2.45, 2.75) is 4.90 Å². The molecular weight excluding hydrogens is 324 g/mol. The van der Waals surface area contributed by atoms with Gasteiger partial charge in [0.2, 0.25) is 5.91 Å². The van der Waals surface area contributed by atoms with Crippen molar-refractivity contribution in [3.05, 3.63) is 59.7 Å². The summed E-state index contributed by atoms with van der Waals surface area (Å²) in [5, 5.41) is 2.18. The second kappa shape index (κ2) is 7.73. The highest BCUT2D eigenvalue weighted by Crippen LogP contribution is 2.22. The van der Waals surface area contributed by atoms with E-state index in [0.717, 1.165) is 30.0 Å². The summed E-state index contributed by atoms with van der Waals surface area (Å²) in [7, 11) is 1.41. The van der Waals surface area contributed by atoms with E-state index in [4.69, 9.17) is 4.74 Å². The fourth-order valence-electron chi connectivity index (χ4n) is 1.79. The molecule has 0 fully saturated rings. The molecule has 2 aromatic carbocycles. The van der Waals surface area contributed by atoms with E-state index in [0.29, 0.717) is 5.75 Å². The number of amides is 2. The number of nitrogens with one attached hydrogen (secondary N) is 1. The Morgan fingerprint density at radius 1 is 1.17 bits per heavy atom. The molecule has 0 aliphatic carbocycles. The van der Waals surface area contributed by atoms with Gasteiger partial charge >= 0.3 is 0 Å². The second-order valence-corrected chi connectivity index (χ2v) is 5.46. The Morgan fingerprint density at radius 3 is 2.65 bits per heavy atom. The summed E-state index contributed by atoms with van der Waals surface area (Å²) in [6.07, 6.45) is 0. The molecule has 7 heteroatoms. The van der Waals surface area contributed by atoms with Crippen LogP contribution < -0.4 is 10.1 Å². The van der Waals surface area contributed by atoms with Crippen molar-refractivity contribution < 1.29 is 23.1 Å². The summed E-state index contributed by atoms with van der Waals surface area (Å²) < 4.78 is 31.5. The van der Waals surface area contributed by atoms with Crippen molar-refractivity contribution in [3.63, 3.8) is 0 Å². The van der Waals surface area contributed by atoms with Crippen molar-refractivity contribution in [1.29, 1.82) is 0 Å². The van der Waals surface area contributed by atoms with Crippen molar-refractivity contribution in [2.24, 2.45) is 0 Å². The van der Waals surface area contributed by atoms with E-state index in [1.165, 1.54) is 13.2 Å². The minimum Gasteiger partial charge on any atom is -0.496 e. The first-order valence-corrected chi connectivity index (χ1v) is 7.55. The van der Waals surface area contributed by atoms with E-state index in [2.05, 4.69) is 5.32 Å². The lowest BCUT2D eigenvalue weighted by atomic mass is 10.2. The molecule has 2 aromatic rings. The number of carbonyl (C=O) groups is 2. The highest BCUT2D eigenvalue weighted by Gasteiger charge is 2.15. The second-order valence-electron chi connectivity index (χ2n) is 4.44. The van der Waals surface area contributed by atoms with Gasteiger partial charge in [-0.15, -0.1) is 11.8 Å². The topological polar surface area (TPSA) is 55.4 Å². The third kappa shape index (κ3) is 4.53. The Balaban J connectivity index is 1.97. The Hall–Kier alpha value is -2.41. The lowest BCUT2D eigenvalue weighted by Crippen LogP contribution is -2.32. The molecule has 120 valence electrons. The SMILES string of the molecule is COc1ccccc1C(=O)NC(=O)CSc1cc(F)ccc1F. The summed E-state index contributed by atoms with van der Waals surface area (Å²) in [6, 6.07) is 9.41. The summed E-state index contributed by atoms with van der Waals surface area (Å²) >= 11 is 0.806. The highest BCUT2D eigenvalue weighted by atomic mass is 32.2. The van der Waals surface area contributed by atoms with Gasteiger partial charge in [0.25, 0.3) is 5.91 Å². The van der Waals surface area contributed by atoms with Gasteiger partial charge in [0.1, 0.15) is 17.4 Å². The molecule has 0 aliphatic rings. The van der Waals surface area contributed by atoms with Gasteiger partial charge in [-0.2, -0.15) is 0 Å². The molecule has 2 rings (SSSR count). The van der Waals surface area contributed by atoms with Crippen LogP contribution in [0.3, 0.4) is 0 Å². The molecule has 23 heavy (non-hydrogen) atoms. The first-order chi connectivity index (χ1) is 11.0. The zero-order valence-electron chi connectivity index (χ0n) is 12.1. The van der Waals surface area contributed by atoms with Gasteiger partial charge in [0.05, 0.1) is 18.4 Å². The van der Waals surface area contributed by atoms with Gasteiger partial charge in [-0.3, -0.25) is 14.9 Å². The molecule has 0 bridgehead atoms. The quantitative estimate of drug-likeness (QED) is 0.852. The number of para-hydroxylation sites is 1. The minimum atomic E-state index is -0.625. The molecule has 0 aromatic heterocycles. The number of carbonyl (C=O) groups excluding carboxylic acids is 2. The maximum absolute atomic E-state index is 13.4. The smallest absolute Gasteiger partial charge is 0.261 e. The van der Waals surface area contributed by atoms with Crippen LogP contribution >= 0.6 is 11.8 Å². The summed E-state index contributed by atoms with van der Waals surface area (Å²) in [4.78, 5) is 23.8. The summed E-state index contributed by atoms with van der Waals surface area (Å²) in [6.45, 7) is 0. The number of halogens is 2. The average Bonchev–Trinajstić information content (AvgIpc) is 2.55. The van der Waals surface area contributed by atoms with Gasteiger partial charge in [0.15, 0.2) is 0 Å². The van der Waals surface area contributed by atoms with E-state index in [9.17, 15) is 18.4 Å². The van der Waals surface area contributed by atoms with Gasteiger partial charge in [-0.05, 0) is 30.3 Å². The molecule has 0 saturated carbocycles. The highest BCUT2D eigenvalue weighted by molar-refractivity contribution is 8.00. The molecule has 0 saturated heterocycles. The third-order valence-corrected chi connectivity index (χ3v) is 3.89. The van der Waals surface area contributed by atoms with E-state index in [1.807, 2.05) is 0 Å². The number of benzene rings is 2. The van der Waals surface area contributed by atoms with Crippen LogP contribution in [0, 0.1) is 11.6 Å². The van der Waals surface area contributed by atoms with Gasteiger partial charge in [0, 0.05) is 4.90 Å². The van der Waals surface area contributed by atoms with Crippen LogP contribution in [0.1, 0.15) is 10.4 Å². The van der Waals surface area contributed by atoms with E-state index >= 15 is 0 Å². The monoisotopic (exact) mass is 337 g/mol. The zero-order valence-corrected chi connectivity index (χ0v) is 13.0. The van der Waals surface area contributed by atoms with Crippen LogP contribution in [0.2, 0.25) is 0 Å². The Bertz CT molecular complexity index is 737. The van der Waals surface area contributed by atoms with E-state index < -0.39 is 23.4 Å². The van der Waals surface area contributed by atoms with E-state index in [-0.39, 0.29) is 16.2 Å². The van der Waals surface area contributed by atoms with Crippen LogP contribution in [0.5, 0.6) is 5.75 Å². The number of imide groups is 1. The number of rotatable bonds is 5. The first-order valence-electron chi connectivity index (χ1n) is 6.56. The number of thioether (sulfide) groups is 1. The first kappa shape index (κ1) is 17.0. The largest absolute Gasteiger partial charge is 0.496 e.